The molecular formula is C23H22ClFN2O6. The fraction of sp³-hybridized carbons (Fsp3) is 0.261. The van der Waals surface area contributed by atoms with E-state index in [2.05, 4.69) is 10.6 Å². The monoisotopic (exact) mass is 476 g/mol. The average molecular weight is 477 g/mol. The summed E-state index contributed by atoms with van der Waals surface area (Å²) in [5.41, 5.74) is 0.781. The number of benzene rings is 2. The van der Waals surface area contributed by atoms with Crippen LogP contribution in [0.3, 0.4) is 0 Å². The first-order valence-electron chi connectivity index (χ1n) is 9.94. The summed E-state index contributed by atoms with van der Waals surface area (Å²) in [6, 6.07) is 10.2. The van der Waals surface area contributed by atoms with Crippen molar-refractivity contribution in [1.29, 1.82) is 0 Å². The first-order chi connectivity index (χ1) is 15.6. The Balaban J connectivity index is 1.38. The molecule has 10 heteroatoms. The van der Waals surface area contributed by atoms with Crippen LogP contribution in [0.15, 0.2) is 54.2 Å². The second-order valence-electron chi connectivity index (χ2n) is 7.72. The molecule has 1 aliphatic carbocycles. The molecule has 1 unspecified atom stereocenters. The Morgan fingerprint density at radius 1 is 1.15 bits per heavy atom. The van der Waals surface area contributed by atoms with Gasteiger partial charge in [-0.2, -0.15) is 0 Å². The largest absolute Gasteiger partial charge is 0.484 e. The lowest BCUT2D eigenvalue weighted by Gasteiger charge is -2.37. The van der Waals surface area contributed by atoms with Crippen LogP contribution in [-0.4, -0.2) is 41.6 Å². The number of hydrogen-bond donors (Lipinski definition) is 3. The van der Waals surface area contributed by atoms with Crippen molar-refractivity contribution in [3.8, 4) is 5.75 Å². The standard InChI is InChI=1S/C23H22ClFN2O6/c1-23(27-21(29)13-33-17-5-6-18(24)19(25)8-17)9-16(10-23)26-20(28)12-32-11-14-3-2-4-15(7-14)22(30)31/h2-9H,10-13H2,1H3,(H,26,28)(H,27,29)(H,30,31). The van der Waals surface area contributed by atoms with E-state index in [1.807, 2.05) is 0 Å². The van der Waals surface area contributed by atoms with E-state index in [1.54, 1.807) is 25.1 Å². The van der Waals surface area contributed by atoms with Gasteiger partial charge in [0.15, 0.2) is 6.61 Å². The minimum absolute atomic E-state index is 0.0358. The molecule has 8 nitrogen and oxygen atoms in total. The maximum absolute atomic E-state index is 13.4. The van der Waals surface area contributed by atoms with E-state index in [0.717, 1.165) is 6.07 Å². The van der Waals surface area contributed by atoms with Gasteiger partial charge in [-0.15, -0.1) is 0 Å². The van der Waals surface area contributed by atoms with Crippen molar-refractivity contribution in [2.45, 2.75) is 25.5 Å². The van der Waals surface area contributed by atoms with Gasteiger partial charge in [0.05, 0.1) is 22.7 Å². The molecule has 3 rings (SSSR count). The maximum Gasteiger partial charge on any atom is 0.335 e. The van der Waals surface area contributed by atoms with Gasteiger partial charge in [0, 0.05) is 18.2 Å². The average Bonchev–Trinajstić information content (AvgIpc) is 2.73. The van der Waals surface area contributed by atoms with E-state index in [0.29, 0.717) is 17.7 Å². The smallest absolute Gasteiger partial charge is 0.335 e. The lowest BCUT2D eigenvalue weighted by atomic mass is 9.84. The summed E-state index contributed by atoms with van der Waals surface area (Å²) in [6.07, 6.45) is 2.11. The molecule has 174 valence electrons. The van der Waals surface area contributed by atoms with Crippen molar-refractivity contribution < 1.29 is 33.4 Å². The normalized spacial score (nSPS) is 16.9. The van der Waals surface area contributed by atoms with Crippen molar-refractivity contribution in [2.75, 3.05) is 13.2 Å². The molecule has 0 aromatic heterocycles. The number of ether oxygens (including phenoxy) is 2. The summed E-state index contributed by atoms with van der Waals surface area (Å²) in [6.45, 7) is 1.37. The second kappa shape index (κ2) is 10.5. The third-order valence-electron chi connectivity index (χ3n) is 4.71. The predicted molar refractivity (Wildman–Crippen MR) is 117 cm³/mol. The lowest BCUT2D eigenvalue weighted by Crippen LogP contribution is -2.53. The highest BCUT2D eigenvalue weighted by Gasteiger charge is 2.34. The van der Waals surface area contributed by atoms with Gasteiger partial charge in [0.1, 0.15) is 18.2 Å². The number of hydrogen-bond acceptors (Lipinski definition) is 5. The van der Waals surface area contributed by atoms with Crippen LogP contribution >= 0.6 is 11.6 Å². The SMILES string of the molecule is CC1(NC(=O)COc2ccc(Cl)c(F)c2)C=C(NC(=O)COCc2cccc(C(=O)O)c2)C1. The molecule has 0 bridgehead atoms. The van der Waals surface area contributed by atoms with Crippen molar-refractivity contribution in [1.82, 2.24) is 10.6 Å². The van der Waals surface area contributed by atoms with Gasteiger partial charge in [-0.1, -0.05) is 23.7 Å². The highest BCUT2D eigenvalue weighted by atomic mass is 35.5. The number of rotatable bonds is 10. The van der Waals surface area contributed by atoms with Crippen molar-refractivity contribution in [2.24, 2.45) is 0 Å². The zero-order chi connectivity index (χ0) is 24.0. The summed E-state index contributed by atoms with van der Waals surface area (Å²) < 4.78 is 24.0. The molecule has 0 fully saturated rings. The number of amides is 2. The van der Waals surface area contributed by atoms with E-state index in [4.69, 9.17) is 26.2 Å². The molecule has 0 aliphatic heterocycles. The molecule has 0 heterocycles. The molecule has 2 aromatic carbocycles. The summed E-state index contributed by atoms with van der Waals surface area (Å²) in [4.78, 5) is 35.1. The predicted octanol–water partition coefficient (Wildman–Crippen LogP) is 3.05. The van der Waals surface area contributed by atoms with Crippen LogP contribution in [0.5, 0.6) is 5.75 Å². The van der Waals surface area contributed by atoms with Gasteiger partial charge in [0.25, 0.3) is 5.91 Å². The van der Waals surface area contributed by atoms with Gasteiger partial charge < -0.3 is 25.2 Å². The second-order valence-corrected chi connectivity index (χ2v) is 8.13. The molecule has 33 heavy (non-hydrogen) atoms. The molecule has 0 saturated carbocycles. The quantitative estimate of drug-likeness (QED) is 0.485. The third kappa shape index (κ3) is 7.03. The molecule has 0 spiro atoms. The summed E-state index contributed by atoms with van der Waals surface area (Å²) in [5, 5.41) is 14.4. The number of carbonyl (C=O) groups excluding carboxylic acids is 2. The van der Waals surface area contributed by atoms with E-state index in [-0.39, 0.29) is 42.1 Å². The van der Waals surface area contributed by atoms with Crippen LogP contribution < -0.4 is 15.4 Å². The van der Waals surface area contributed by atoms with Crippen LogP contribution in [0.4, 0.5) is 4.39 Å². The Morgan fingerprint density at radius 3 is 2.61 bits per heavy atom. The van der Waals surface area contributed by atoms with E-state index >= 15 is 0 Å². The molecule has 1 atom stereocenters. The molecule has 2 aromatic rings. The number of aromatic carboxylic acids is 1. The molecule has 2 amide bonds. The molecule has 0 saturated heterocycles. The molecule has 0 radical (unpaired) electrons. The van der Waals surface area contributed by atoms with E-state index in [9.17, 15) is 18.8 Å². The van der Waals surface area contributed by atoms with Crippen molar-refractivity contribution in [3.05, 3.63) is 76.2 Å². The minimum Gasteiger partial charge on any atom is -0.484 e. The highest BCUT2D eigenvalue weighted by molar-refractivity contribution is 6.30. The van der Waals surface area contributed by atoms with Crippen LogP contribution in [0.2, 0.25) is 5.02 Å². The van der Waals surface area contributed by atoms with Crippen LogP contribution in [0.25, 0.3) is 0 Å². The Labute approximate surface area is 194 Å². The number of carboxylic acids is 1. The van der Waals surface area contributed by atoms with E-state index in [1.165, 1.54) is 24.3 Å². The Kier molecular flexibility index (Phi) is 7.67. The van der Waals surface area contributed by atoms with Crippen molar-refractivity contribution in [3.63, 3.8) is 0 Å². The summed E-state index contributed by atoms with van der Waals surface area (Å²) in [7, 11) is 0. The maximum atomic E-state index is 13.4. The highest BCUT2D eigenvalue weighted by Crippen LogP contribution is 2.28. The number of halogens is 2. The Bertz CT molecular complexity index is 1110. The van der Waals surface area contributed by atoms with Gasteiger partial charge in [0.2, 0.25) is 5.91 Å². The van der Waals surface area contributed by atoms with Crippen molar-refractivity contribution >= 4 is 29.4 Å². The fourth-order valence-electron chi connectivity index (χ4n) is 3.25. The van der Waals surface area contributed by atoms with E-state index < -0.39 is 23.2 Å². The van der Waals surface area contributed by atoms with Gasteiger partial charge >= 0.3 is 5.97 Å². The molecular weight excluding hydrogens is 455 g/mol. The van der Waals surface area contributed by atoms with Gasteiger partial charge in [-0.3, -0.25) is 9.59 Å². The topological polar surface area (TPSA) is 114 Å². The van der Waals surface area contributed by atoms with Crippen LogP contribution in [0, 0.1) is 5.82 Å². The van der Waals surface area contributed by atoms with Gasteiger partial charge in [-0.05, 0) is 42.8 Å². The Hall–Kier alpha value is -3.43. The van der Waals surface area contributed by atoms with Gasteiger partial charge in [-0.25, -0.2) is 9.18 Å². The Morgan fingerprint density at radius 2 is 1.91 bits per heavy atom. The minimum atomic E-state index is -1.04. The fourth-order valence-corrected chi connectivity index (χ4v) is 3.37. The summed E-state index contributed by atoms with van der Waals surface area (Å²) >= 11 is 5.61. The number of carboxylic acid groups (broad SMARTS) is 1. The first-order valence-corrected chi connectivity index (χ1v) is 10.3. The number of carbonyl (C=O) groups is 3. The zero-order valence-corrected chi connectivity index (χ0v) is 18.4. The third-order valence-corrected chi connectivity index (χ3v) is 5.02. The molecule has 1 aliphatic rings. The number of nitrogens with one attached hydrogen (secondary N) is 2. The summed E-state index contributed by atoms with van der Waals surface area (Å²) in [5.74, 6) is -2.25. The van der Waals surface area contributed by atoms with Crippen LogP contribution in [0.1, 0.15) is 29.3 Å². The first kappa shape index (κ1) is 24.2. The molecule has 3 N–H and O–H groups in total. The lowest BCUT2D eigenvalue weighted by molar-refractivity contribution is -0.125. The zero-order valence-electron chi connectivity index (χ0n) is 17.7. The van der Waals surface area contributed by atoms with Crippen LogP contribution in [-0.2, 0) is 20.9 Å².